The molecule has 1 aliphatic rings. The van der Waals surface area contributed by atoms with Gasteiger partial charge in [-0.1, -0.05) is 26.2 Å². The Hall–Kier alpha value is -0.990. The molecule has 1 rings (SSSR count). The molecule has 13 heavy (non-hydrogen) atoms. The summed E-state index contributed by atoms with van der Waals surface area (Å²) in [5.74, 6) is 0.0445. The SMILES string of the molecule is CCCCCCC1=C(O)C(=O)CO1. The lowest BCUT2D eigenvalue weighted by molar-refractivity contribution is -0.118. The molecule has 0 radical (unpaired) electrons. The van der Waals surface area contributed by atoms with Gasteiger partial charge in [0.1, 0.15) is 5.76 Å². The quantitative estimate of drug-likeness (QED) is 0.667. The molecular weight excluding hydrogens is 168 g/mol. The molecule has 0 aromatic heterocycles. The van der Waals surface area contributed by atoms with Gasteiger partial charge in [0.2, 0.25) is 11.5 Å². The van der Waals surface area contributed by atoms with Crippen molar-refractivity contribution < 1.29 is 14.6 Å². The Labute approximate surface area is 78.4 Å². The normalized spacial score (nSPS) is 16.5. The molecule has 1 heterocycles. The van der Waals surface area contributed by atoms with Crippen molar-refractivity contribution in [1.29, 1.82) is 0 Å². The van der Waals surface area contributed by atoms with Crippen molar-refractivity contribution in [2.24, 2.45) is 0 Å². The molecule has 0 aliphatic carbocycles. The zero-order chi connectivity index (χ0) is 9.68. The summed E-state index contributed by atoms with van der Waals surface area (Å²) in [6.07, 6.45) is 5.19. The van der Waals surface area contributed by atoms with Crippen LogP contribution in [0.4, 0.5) is 0 Å². The first-order valence-corrected chi connectivity index (χ1v) is 4.83. The van der Waals surface area contributed by atoms with Gasteiger partial charge in [-0.3, -0.25) is 4.79 Å². The zero-order valence-corrected chi connectivity index (χ0v) is 8.01. The van der Waals surface area contributed by atoms with Crippen molar-refractivity contribution in [2.75, 3.05) is 6.61 Å². The van der Waals surface area contributed by atoms with E-state index in [1.54, 1.807) is 0 Å². The van der Waals surface area contributed by atoms with E-state index in [1.807, 2.05) is 0 Å². The van der Waals surface area contributed by atoms with Crippen molar-refractivity contribution in [1.82, 2.24) is 0 Å². The van der Waals surface area contributed by atoms with Gasteiger partial charge in [-0.05, 0) is 6.42 Å². The first-order chi connectivity index (χ1) is 6.25. The van der Waals surface area contributed by atoms with Crippen molar-refractivity contribution in [2.45, 2.75) is 39.0 Å². The standard InChI is InChI=1S/C10H16O3/c1-2-3-4-5-6-9-10(12)8(11)7-13-9/h12H,2-7H2,1H3. The van der Waals surface area contributed by atoms with Crippen molar-refractivity contribution >= 4 is 5.78 Å². The molecule has 0 saturated heterocycles. The van der Waals surface area contributed by atoms with Crippen LogP contribution in [0.25, 0.3) is 0 Å². The van der Waals surface area contributed by atoms with Gasteiger partial charge in [0.05, 0.1) is 0 Å². The minimum Gasteiger partial charge on any atom is -0.502 e. The van der Waals surface area contributed by atoms with Gasteiger partial charge in [0.25, 0.3) is 0 Å². The number of hydrogen-bond acceptors (Lipinski definition) is 3. The number of unbranched alkanes of at least 4 members (excludes halogenated alkanes) is 3. The molecule has 3 nitrogen and oxygen atoms in total. The van der Waals surface area contributed by atoms with E-state index in [9.17, 15) is 9.90 Å². The number of hydrogen-bond donors (Lipinski definition) is 1. The largest absolute Gasteiger partial charge is 0.502 e. The van der Waals surface area contributed by atoms with Gasteiger partial charge in [-0.15, -0.1) is 0 Å². The van der Waals surface area contributed by atoms with Crippen molar-refractivity contribution in [3.05, 3.63) is 11.5 Å². The molecule has 0 aromatic rings. The highest BCUT2D eigenvalue weighted by atomic mass is 16.5. The van der Waals surface area contributed by atoms with Gasteiger partial charge >= 0.3 is 0 Å². The van der Waals surface area contributed by atoms with Crippen molar-refractivity contribution in [3.63, 3.8) is 0 Å². The smallest absolute Gasteiger partial charge is 0.237 e. The van der Waals surface area contributed by atoms with E-state index in [4.69, 9.17) is 4.74 Å². The predicted molar refractivity (Wildman–Crippen MR) is 49.4 cm³/mol. The summed E-state index contributed by atoms with van der Waals surface area (Å²) in [5.41, 5.74) is 0. The van der Waals surface area contributed by atoms with Crippen LogP contribution >= 0.6 is 0 Å². The molecule has 0 bridgehead atoms. The van der Waals surface area contributed by atoms with Crippen LogP contribution in [-0.4, -0.2) is 17.5 Å². The van der Waals surface area contributed by atoms with E-state index < -0.39 is 0 Å². The van der Waals surface area contributed by atoms with Crippen LogP contribution in [0.1, 0.15) is 39.0 Å². The fourth-order valence-corrected chi connectivity index (χ4v) is 1.35. The molecular formula is C10H16O3. The van der Waals surface area contributed by atoms with E-state index in [0.717, 1.165) is 12.8 Å². The average Bonchev–Trinajstić information content (AvgIpc) is 2.43. The van der Waals surface area contributed by atoms with Crippen LogP contribution < -0.4 is 0 Å². The summed E-state index contributed by atoms with van der Waals surface area (Å²) >= 11 is 0. The predicted octanol–water partition coefficient (Wildman–Crippen LogP) is 2.33. The number of allylic oxidation sites excluding steroid dienone is 1. The molecule has 1 aliphatic heterocycles. The molecule has 3 heteroatoms. The lowest BCUT2D eigenvalue weighted by atomic mass is 10.1. The first kappa shape index (κ1) is 10.1. The number of ether oxygens (including phenoxy) is 1. The molecule has 0 atom stereocenters. The Morgan fingerprint density at radius 2 is 2.15 bits per heavy atom. The highest BCUT2D eigenvalue weighted by Crippen LogP contribution is 2.19. The van der Waals surface area contributed by atoms with Gasteiger partial charge in [0.15, 0.2) is 6.61 Å². The third-order valence-electron chi connectivity index (χ3n) is 2.16. The molecule has 1 N–H and O–H groups in total. The maximum atomic E-state index is 10.8. The highest BCUT2D eigenvalue weighted by molar-refractivity contribution is 5.96. The Bertz CT molecular complexity index is 218. The number of carbonyl (C=O) groups excluding carboxylic acids is 1. The van der Waals surface area contributed by atoms with Crippen molar-refractivity contribution in [3.8, 4) is 0 Å². The molecule has 74 valence electrons. The summed E-state index contributed by atoms with van der Waals surface area (Å²) in [6.45, 7) is 2.17. The van der Waals surface area contributed by atoms with Crippen LogP contribution in [0.15, 0.2) is 11.5 Å². The number of rotatable bonds is 5. The Morgan fingerprint density at radius 3 is 2.69 bits per heavy atom. The topological polar surface area (TPSA) is 46.5 Å². The summed E-state index contributed by atoms with van der Waals surface area (Å²) in [7, 11) is 0. The third kappa shape index (κ3) is 2.76. The number of Topliss-reactive ketones (excluding diaryl/α,β-unsaturated/α-hetero) is 1. The molecule has 0 fully saturated rings. The highest BCUT2D eigenvalue weighted by Gasteiger charge is 2.23. The first-order valence-electron chi connectivity index (χ1n) is 4.83. The number of carbonyl (C=O) groups is 1. The summed E-state index contributed by atoms with van der Waals surface area (Å²) < 4.78 is 5.04. The second-order valence-electron chi connectivity index (χ2n) is 3.29. The molecule has 0 saturated carbocycles. The van der Waals surface area contributed by atoms with Crippen LogP contribution in [0.3, 0.4) is 0 Å². The monoisotopic (exact) mass is 184 g/mol. The second kappa shape index (κ2) is 4.90. The van der Waals surface area contributed by atoms with E-state index in [-0.39, 0.29) is 18.1 Å². The summed E-state index contributed by atoms with van der Waals surface area (Å²) in [6, 6.07) is 0. The fourth-order valence-electron chi connectivity index (χ4n) is 1.35. The zero-order valence-electron chi connectivity index (χ0n) is 8.01. The van der Waals surface area contributed by atoms with Crippen LogP contribution in [0.5, 0.6) is 0 Å². The van der Waals surface area contributed by atoms with Gasteiger partial charge in [-0.25, -0.2) is 0 Å². The maximum absolute atomic E-state index is 10.8. The van der Waals surface area contributed by atoms with E-state index in [2.05, 4.69) is 6.92 Å². The van der Waals surface area contributed by atoms with Gasteiger partial charge in [0, 0.05) is 6.42 Å². The maximum Gasteiger partial charge on any atom is 0.237 e. The van der Waals surface area contributed by atoms with Gasteiger partial charge in [-0.2, -0.15) is 0 Å². The molecule has 0 unspecified atom stereocenters. The number of aliphatic hydroxyl groups is 1. The fraction of sp³-hybridized carbons (Fsp3) is 0.700. The Balaban J connectivity index is 2.25. The third-order valence-corrected chi connectivity index (χ3v) is 2.16. The van der Waals surface area contributed by atoms with E-state index >= 15 is 0 Å². The minimum absolute atomic E-state index is 0.0228. The summed E-state index contributed by atoms with van der Waals surface area (Å²) in [4.78, 5) is 10.8. The van der Waals surface area contributed by atoms with E-state index in [0.29, 0.717) is 12.2 Å². The van der Waals surface area contributed by atoms with Crippen LogP contribution in [0.2, 0.25) is 0 Å². The van der Waals surface area contributed by atoms with E-state index in [1.165, 1.54) is 12.8 Å². The Kier molecular flexibility index (Phi) is 3.80. The minimum atomic E-state index is -0.287. The average molecular weight is 184 g/mol. The van der Waals surface area contributed by atoms with Crippen LogP contribution in [0, 0.1) is 0 Å². The molecule has 0 spiro atoms. The Morgan fingerprint density at radius 1 is 1.38 bits per heavy atom. The number of aliphatic hydroxyl groups excluding tert-OH is 1. The molecule has 0 amide bonds. The number of ketones is 1. The molecule has 0 aromatic carbocycles. The lowest BCUT2D eigenvalue weighted by Crippen LogP contribution is -1.99. The van der Waals surface area contributed by atoms with Gasteiger partial charge < -0.3 is 9.84 Å². The van der Waals surface area contributed by atoms with Crippen LogP contribution in [-0.2, 0) is 9.53 Å². The second-order valence-corrected chi connectivity index (χ2v) is 3.29. The summed E-state index contributed by atoms with van der Waals surface area (Å²) in [5, 5.41) is 9.22. The lowest BCUT2D eigenvalue weighted by Gasteiger charge is -2.01.